The summed E-state index contributed by atoms with van der Waals surface area (Å²) in [5.74, 6) is -9.05. The van der Waals surface area contributed by atoms with Gasteiger partial charge in [0.2, 0.25) is 5.91 Å². The first-order valence-electron chi connectivity index (χ1n) is 12.9. The van der Waals surface area contributed by atoms with E-state index >= 15 is 0 Å². The highest BCUT2D eigenvalue weighted by molar-refractivity contribution is 6.49. The molecule has 6 nitrogen and oxygen atoms in total. The van der Waals surface area contributed by atoms with Gasteiger partial charge in [0, 0.05) is 12.0 Å². The Hall–Kier alpha value is -3.96. The van der Waals surface area contributed by atoms with E-state index in [1.54, 1.807) is 37.3 Å². The van der Waals surface area contributed by atoms with E-state index in [9.17, 15) is 35.9 Å². The number of aliphatic carboxylic acids is 1. The van der Waals surface area contributed by atoms with Crippen LogP contribution in [-0.4, -0.2) is 46.5 Å². The number of halogens is 6. The Labute approximate surface area is 231 Å². The minimum atomic E-state index is -4.84. The summed E-state index contributed by atoms with van der Waals surface area (Å²) >= 11 is 0. The van der Waals surface area contributed by atoms with Crippen molar-refractivity contribution >= 4 is 23.3 Å². The van der Waals surface area contributed by atoms with Crippen LogP contribution in [0.4, 0.5) is 26.3 Å². The van der Waals surface area contributed by atoms with Crippen molar-refractivity contribution in [1.29, 1.82) is 0 Å². The molecule has 218 valence electrons. The predicted molar refractivity (Wildman–Crippen MR) is 139 cm³/mol. The van der Waals surface area contributed by atoms with Crippen molar-refractivity contribution < 1.29 is 41.0 Å². The number of alkyl halides is 5. The third-order valence-corrected chi connectivity index (χ3v) is 7.06. The molecule has 0 bridgehead atoms. The summed E-state index contributed by atoms with van der Waals surface area (Å²) in [4.78, 5) is 33.3. The zero-order valence-corrected chi connectivity index (χ0v) is 21.8. The maximum absolute atomic E-state index is 13.8. The molecule has 0 spiro atoms. The molecule has 2 aromatic carbocycles. The Balaban J connectivity index is 1.61. The largest absolute Gasteiger partial charge is 0.477 e. The Bertz CT molecular complexity index is 1370. The monoisotopic (exact) mass is 579 g/mol. The second-order valence-electron chi connectivity index (χ2n) is 10.2. The van der Waals surface area contributed by atoms with Gasteiger partial charge in [0.15, 0.2) is 6.04 Å². The van der Waals surface area contributed by atoms with E-state index in [-0.39, 0.29) is 30.7 Å². The fourth-order valence-electron chi connectivity index (χ4n) is 4.95. The van der Waals surface area contributed by atoms with Gasteiger partial charge < -0.3 is 10.4 Å². The van der Waals surface area contributed by atoms with E-state index in [4.69, 9.17) is 10.1 Å². The second kappa shape index (κ2) is 11.9. The van der Waals surface area contributed by atoms with Gasteiger partial charge in [-0.05, 0) is 49.0 Å². The number of carboxylic acids is 1. The number of fused-ring (bicyclic) bond motifs is 1. The quantitative estimate of drug-likeness (QED) is 0.342. The average Bonchev–Trinajstić information content (AvgIpc) is 2.91. The van der Waals surface area contributed by atoms with Crippen LogP contribution < -0.4 is 5.32 Å². The van der Waals surface area contributed by atoms with E-state index in [0.717, 1.165) is 24.3 Å². The summed E-state index contributed by atoms with van der Waals surface area (Å²) in [7, 11) is 0. The molecule has 2 aliphatic rings. The molecule has 41 heavy (non-hydrogen) atoms. The summed E-state index contributed by atoms with van der Waals surface area (Å²) in [5, 5.41) is 10.8. The molecule has 0 radical (unpaired) electrons. The topological polar surface area (TPSA) is 91.1 Å². The molecule has 4 rings (SSSR count). The zero-order valence-electron chi connectivity index (χ0n) is 21.8. The maximum atomic E-state index is 13.8. The lowest BCUT2D eigenvalue weighted by Crippen LogP contribution is -2.43. The standard InChI is InChI=1S/C29H27F6N3O3/c1-16-14-19(26(39)38-25(29(33,34)35)18-9-11-20(30)12-10-18)15-22-23(16)37-24(17-6-3-2-4-7-17)21(36-22)8-5-13-28(31,32)27(40)41/h2-4,6-7,9-12,15-16,19,23,25H,5,8,13-14H2,1H3,(H,38,39)(H,40,41)/t16?,19?,23?,25-/m1/s1. The Kier molecular flexibility index (Phi) is 8.69. The lowest BCUT2D eigenvalue weighted by molar-refractivity contribution is -0.165. The van der Waals surface area contributed by atoms with E-state index in [1.807, 2.05) is 5.32 Å². The van der Waals surface area contributed by atoms with Crippen molar-refractivity contribution in [2.24, 2.45) is 21.8 Å². The molecule has 0 aromatic heterocycles. The predicted octanol–water partition coefficient (Wildman–Crippen LogP) is 6.29. The zero-order chi connectivity index (χ0) is 29.9. The van der Waals surface area contributed by atoms with Gasteiger partial charge in [-0.2, -0.15) is 22.0 Å². The maximum Gasteiger partial charge on any atom is 0.412 e. The molecule has 0 saturated carbocycles. The number of carbonyl (C=O) groups is 2. The van der Waals surface area contributed by atoms with Crippen LogP contribution in [0.1, 0.15) is 49.8 Å². The number of carboxylic acid groups (broad SMARTS) is 1. The molecule has 2 N–H and O–H groups in total. The van der Waals surface area contributed by atoms with Crippen molar-refractivity contribution in [1.82, 2.24) is 5.32 Å². The Morgan fingerprint density at radius 2 is 1.71 bits per heavy atom. The molecular weight excluding hydrogens is 552 g/mol. The summed E-state index contributed by atoms with van der Waals surface area (Å²) in [5.41, 5.74) is 1.45. The fraction of sp³-hybridized carbons (Fsp3) is 0.379. The van der Waals surface area contributed by atoms with E-state index in [2.05, 4.69) is 4.99 Å². The molecule has 1 aliphatic carbocycles. The highest BCUT2D eigenvalue weighted by Crippen LogP contribution is 2.37. The van der Waals surface area contributed by atoms with Crippen LogP contribution in [0.15, 0.2) is 76.4 Å². The van der Waals surface area contributed by atoms with Crippen LogP contribution >= 0.6 is 0 Å². The molecule has 3 unspecified atom stereocenters. The first-order valence-corrected chi connectivity index (χ1v) is 12.9. The lowest BCUT2D eigenvalue weighted by Gasteiger charge is -2.34. The van der Waals surface area contributed by atoms with Crippen molar-refractivity contribution in [3.05, 3.63) is 83.3 Å². The second-order valence-corrected chi connectivity index (χ2v) is 10.2. The highest BCUT2D eigenvalue weighted by Gasteiger charge is 2.44. The van der Waals surface area contributed by atoms with Gasteiger partial charge in [-0.15, -0.1) is 0 Å². The normalized spacial score (nSPS) is 21.6. The SMILES string of the molecule is CC1CC(C(=O)N[C@H](c2ccc(F)cc2)C(F)(F)F)C=C2N=C(CCCC(F)(F)C(=O)O)C(c3ccccc3)=NC21. The number of hydrogen-bond donors (Lipinski definition) is 2. The number of benzene rings is 2. The third-order valence-electron chi connectivity index (χ3n) is 7.06. The molecule has 1 heterocycles. The molecule has 0 saturated heterocycles. The van der Waals surface area contributed by atoms with Gasteiger partial charge in [0.05, 0.1) is 29.1 Å². The van der Waals surface area contributed by atoms with Crippen molar-refractivity contribution in [2.75, 3.05) is 0 Å². The number of amides is 1. The van der Waals surface area contributed by atoms with Gasteiger partial charge in [0.25, 0.3) is 0 Å². The van der Waals surface area contributed by atoms with Gasteiger partial charge in [-0.25, -0.2) is 9.18 Å². The number of carbonyl (C=O) groups excluding carboxylic acids is 1. The lowest BCUT2D eigenvalue weighted by atomic mass is 9.80. The van der Waals surface area contributed by atoms with Gasteiger partial charge in [-0.3, -0.25) is 14.8 Å². The number of hydrogen-bond acceptors (Lipinski definition) is 4. The van der Waals surface area contributed by atoms with Crippen LogP contribution in [-0.2, 0) is 9.59 Å². The fourth-order valence-corrected chi connectivity index (χ4v) is 4.95. The molecule has 2 aromatic rings. The first-order chi connectivity index (χ1) is 19.3. The third kappa shape index (κ3) is 7.04. The van der Waals surface area contributed by atoms with E-state index < -0.39 is 54.2 Å². The summed E-state index contributed by atoms with van der Waals surface area (Å²) in [6, 6.07) is 9.65. The molecule has 0 fully saturated rings. The summed E-state index contributed by atoms with van der Waals surface area (Å²) < 4.78 is 82.2. The van der Waals surface area contributed by atoms with Gasteiger partial charge in [0.1, 0.15) is 5.82 Å². The van der Waals surface area contributed by atoms with Crippen molar-refractivity contribution in [2.45, 2.75) is 56.8 Å². The van der Waals surface area contributed by atoms with Crippen LogP contribution in [0.25, 0.3) is 0 Å². The molecular formula is C29H27F6N3O3. The minimum absolute atomic E-state index is 0.0351. The highest BCUT2D eigenvalue weighted by atomic mass is 19.4. The molecule has 4 atom stereocenters. The Morgan fingerprint density at radius 3 is 2.32 bits per heavy atom. The van der Waals surface area contributed by atoms with Gasteiger partial charge in [-0.1, -0.05) is 49.4 Å². The average molecular weight is 580 g/mol. The smallest absolute Gasteiger partial charge is 0.412 e. The van der Waals surface area contributed by atoms with E-state index in [1.165, 1.54) is 6.08 Å². The minimum Gasteiger partial charge on any atom is -0.477 e. The van der Waals surface area contributed by atoms with Crippen molar-refractivity contribution in [3.8, 4) is 0 Å². The van der Waals surface area contributed by atoms with Crippen LogP contribution in [0.2, 0.25) is 0 Å². The van der Waals surface area contributed by atoms with E-state index in [0.29, 0.717) is 22.7 Å². The van der Waals surface area contributed by atoms with Crippen LogP contribution in [0.3, 0.4) is 0 Å². The first kappa shape index (κ1) is 30.0. The van der Waals surface area contributed by atoms with Crippen LogP contribution in [0.5, 0.6) is 0 Å². The summed E-state index contributed by atoms with van der Waals surface area (Å²) in [6.07, 6.45) is -4.40. The number of aliphatic imine (C=N–C) groups is 2. The number of nitrogens with zero attached hydrogens (tertiary/aromatic N) is 2. The summed E-state index contributed by atoms with van der Waals surface area (Å²) in [6.45, 7) is 1.79. The number of nitrogens with one attached hydrogen (secondary N) is 1. The Morgan fingerprint density at radius 1 is 1.05 bits per heavy atom. The van der Waals surface area contributed by atoms with Crippen molar-refractivity contribution in [3.63, 3.8) is 0 Å². The molecule has 1 amide bonds. The van der Waals surface area contributed by atoms with Crippen LogP contribution in [0, 0.1) is 17.7 Å². The molecule has 1 aliphatic heterocycles. The van der Waals surface area contributed by atoms with Gasteiger partial charge >= 0.3 is 18.1 Å². The molecule has 12 heteroatoms. The number of rotatable bonds is 9.